The standard InChI is InChI=1S/C13H16N4O3/c1-8-5-4-6-10(12(8)17(18)19)13-15-11(16-20-13)7-9(2)14-3/h4-6,9,14H,7H2,1-3H3. The SMILES string of the molecule is CNC(C)Cc1noc(-c2cccc(C)c2[N+](=O)[O-])n1. The highest BCUT2D eigenvalue weighted by atomic mass is 16.6. The first-order valence-corrected chi connectivity index (χ1v) is 6.27. The molecule has 0 aliphatic heterocycles. The summed E-state index contributed by atoms with van der Waals surface area (Å²) >= 11 is 0. The van der Waals surface area contributed by atoms with Gasteiger partial charge in [0.25, 0.3) is 11.6 Å². The molecule has 0 amide bonds. The Labute approximate surface area is 116 Å². The number of nitro groups is 1. The molecule has 1 heterocycles. The minimum Gasteiger partial charge on any atom is -0.334 e. The number of aromatic nitrogens is 2. The average Bonchev–Trinajstić information content (AvgIpc) is 2.86. The van der Waals surface area contributed by atoms with Gasteiger partial charge in [-0.05, 0) is 27.0 Å². The Bertz CT molecular complexity index is 624. The van der Waals surface area contributed by atoms with Crippen molar-refractivity contribution < 1.29 is 9.45 Å². The number of rotatable bonds is 5. The summed E-state index contributed by atoms with van der Waals surface area (Å²) in [6.07, 6.45) is 0.597. The highest BCUT2D eigenvalue weighted by Gasteiger charge is 2.22. The summed E-state index contributed by atoms with van der Waals surface area (Å²) in [6, 6.07) is 5.23. The van der Waals surface area contributed by atoms with E-state index in [1.54, 1.807) is 25.1 Å². The van der Waals surface area contributed by atoms with Crippen LogP contribution in [0, 0.1) is 17.0 Å². The zero-order chi connectivity index (χ0) is 14.7. The largest absolute Gasteiger partial charge is 0.334 e. The first-order valence-electron chi connectivity index (χ1n) is 6.27. The van der Waals surface area contributed by atoms with E-state index in [1.807, 2.05) is 14.0 Å². The fourth-order valence-electron chi connectivity index (χ4n) is 1.90. The molecule has 0 fully saturated rings. The minimum atomic E-state index is -0.426. The number of nitrogens with one attached hydrogen (secondary N) is 1. The summed E-state index contributed by atoms with van der Waals surface area (Å²) in [4.78, 5) is 15.0. The van der Waals surface area contributed by atoms with Gasteiger partial charge >= 0.3 is 0 Å². The molecule has 0 spiro atoms. The number of nitro benzene ring substituents is 1. The van der Waals surface area contributed by atoms with Crippen molar-refractivity contribution in [2.24, 2.45) is 0 Å². The van der Waals surface area contributed by atoms with E-state index in [0.717, 1.165) is 0 Å². The molecule has 1 atom stereocenters. The zero-order valence-electron chi connectivity index (χ0n) is 11.6. The highest BCUT2D eigenvalue weighted by molar-refractivity contribution is 5.69. The van der Waals surface area contributed by atoms with E-state index in [2.05, 4.69) is 15.5 Å². The molecular weight excluding hydrogens is 260 g/mol. The van der Waals surface area contributed by atoms with Gasteiger partial charge in [0.1, 0.15) is 5.56 Å². The zero-order valence-corrected chi connectivity index (χ0v) is 11.6. The van der Waals surface area contributed by atoms with Crippen molar-refractivity contribution >= 4 is 5.69 Å². The van der Waals surface area contributed by atoms with Gasteiger partial charge in [0.2, 0.25) is 0 Å². The fraction of sp³-hybridized carbons (Fsp3) is 0.385. The number of benzene rings is 1. The summed E-state index contributed by atoms with van der Waals surface area (Å²) in [6.45, 7) is 3.67. The lowest BCUT2D eigenvalue weighted by Crippen LogP contribution is -2.24. The Kier molecular flexibility index (Phi) is 4.09. The second-order valence-electron chi connectivity index (χ2n) is 4.64. The summed E-state index contributed by atoms with van der Waals surface area (Å²) in [5.41, 5.74) is 0.922. The van der Waals surface area contributed by atoms with Gasteiger partial charge in [-0.1, -0.05) is 17.3 Å². The lowest BCUT2D eigenvalue weighted by Gasteiger charge is -2.04. The first-order chi connectivity index (χ1) is 9.52. The Morgan fingerprint density at radius 2 is 2.25 bits per heavy atom. The number of likely N-dealkylation sites (N-methyl/N-ethyl adjacent to an activating group) is 1. The van der Waals surface area contributed by atoms with E-state index >= 15 is 0 Å². The van der Waals surface area contributed by atoms with Gasteiger partial charge < -0.3 is 9.84 Å². The van der Waals surface area contributed by atoms with Crippen LogP contribution in [0.2, 0.25) is 0 Å². The van der Waals surface area contributed by atoms with Crippen molar-refractivity contribution in [2.75, 3.05) is 7.05 Å². The lowest BCUT2D eigenvalue weighted by atomic mass is 10.1. The predicted octanol–water partition coefficient (Wildman–Crippen LogP) is 2.10. The van der Waals surface area contributed by atoms with Crippen LogP contribution >= 0.6 is 0 Å². The Morgan fingerprint density at radius 3 is 2.90 bits per heavy atom. The number of nitrogens with zero attached hydrogens (tertiary/aromatic N) is 3. The Balaban J connectivity index is 2.38. The third-order valence-electron chi connectivity index (χ3n) is 3.10. The molecule has 0 bridgehead atoms. The molecule has 1 aromatic heterocycles. The molecular formula is C13H16N4O3. The average molecular weight is 276 g/mol. The van der Waals surface area contributed by atoms with Crippen LogP contribution in [-0.2, 0) is 6.42 Å². The lowest BCUT2D eigenvalue weighted by molar-refractivity contribution is -0.384. The summed E-state index contributed by atoms with van der Waals surface area (Å²) in [5, 5.41) is 18.1. The number of hydrogen-bond acceptors (Lipinski definition) is 6. The molecule has 0 radical (unpaired) electrons. The summed E-state index contributed by atoms with van der Waals surface area (Å²) < 4.78 is 5.15. The van der Waals surface area contributed by atoms with Gasteiger partial charge in [-0.2, -0.15) is 4.98 Å². The van der Waals surface area contributed by atoms with Crippen LogP contribution in [0.25, 0.3) is 11.5 Å². The third kappa shape index (κ3) is 2.83. The maximum Gasteiger partial charge on any atom is 0.285 e. The topological polar surface area (TPSA) is 94.1 Å². The van der Waals surface area contributed by atoms with Crippen molar-refractivity contribution in [2.45, 2.75) is 26.3 Å². The van der Waals surface area contributed by atoms with Crippen molar-refractivity contribution in [3.05, 3.63) is 39.7 Å². The molecule has 0 aliphatic carbocycles. The number of para-hydroxylation sites is 1. The molecule has 7 heteroatoms. The second kappa shape index (κ2) is 5.79. The molecule has 0 saturated carbocycles. The van der Waals surface area contributed by atoms with Gasteiger partial charge in [-0.25, -0.2) is 0 Å². The number of aryl methyl sites for hydroxylation is 1. The van der Waals surface area contributed by atoms with Crippen LogP contribution in [0.15, 0.2) is 22.7 Å². The second-order valence-corrected chi connectivity index (χ2v) is 4.64. The van der Waals surface area contributed by atoms with Gasteiger partial charge in [0, 0.05) is 18.0 Å². The van der Waals surface area contributed by atoms with Crippen LogP contribution < -0.4 is 5.32 Å². The highest BCUT2D eigenvalue weighted by Crippen LogP contribution is 2.31. The quantitative estimate of drug-likeness (QED) is 0.664. The Morgan fingerprint density at radius 1 is 1.50 bits per heavy atom. The van der Waals surface area contributed by atoms with Crippen molar-refractivity contribution in [1.82, 2.24) is 15.5 Å². The maximum atomic E-state index is 11.2. The van der Waals surface area contributed by atoms with E-state index in [1.165, 1.54) is 0 Å². The van der Waals surface area contributed by atoms with Gasteiger partial charge in [-0.15, -0.1) is 0 Å². The van der Waals surface area contributed by atoms with Crippen LogP contribution in [-0.4, -0.2) is 28.2 Å². The van der Waals surface area contributed by atoms with E-state index in [-0.39, 0.29) is 17.6 Å². The summed E-state index contributed by atoms with van der Waals surface area (Å²) in [5.74, 6) is 0.705. The molecule has 1 N–H and O–H groups in total. The van der Waals surface area contributed by atoms with E-state index in [4.69, 9.17) is 4.52 Å². The maximum absolute atomic E-state index is 11.2. The summed E-state index contributed by atoms with van der Waals surface area (Å²) in [7, 11) is 1.84. The van der Waals surface area contributed by atoms with Crippen molar-refractivity contribution in [3.63, 3.8) is 0 Å². The van der Waals surface area contributed by atoms with Crippen LogP contribution in [0.1, 0.15) is 18.3 Å². The minimum absolute atomic E-state index is 0.00404. The normalized spacial score (nSPS) is 12.3. The van der Waals surface area contributed by atoms with Gasteiger partial charge in [-0.3, -0.25) is 10.1 Å². The molecule has 20 heavy (non-hydrogen) atoms. The molecule has 7 nitrogen and oxygen atoms in total. The molecule has 0 saturated heterocycles. The third-order valence-corrected chi connectivity index (χ3v) is 3.10. The van der Waals surface area contributed by atoms with Crippen molar-refractivity contribution in [1.29, 1.82) is 0 Å². The van der Waals surface area contributed by atoms with Crippen LogP contribution in [0.3, 0.4) is 0 Å². The monoisotopic (exact) mass is 276 g/mol. The van der Waals surface area contributed by atoms with E-state index in [9.17, 15) is 10.1 Å². The molecule has 0 aliphatic rings. The first kappa shape index (κ1) is 14.1. The van der Waals surface area contributed by atoms with Crippen LogP contribution in [0.4, 0.5) is 5.69 Å². The van der Waals surface area contributed by atoms with Gasteiger partial charge in [0.15, 0.2) is 5.82 Å². The fourth-order valence-corrected chi connectivity index (χ4v) is 1.90. The Hall–Kier alpha value is -2.28. The molecule has 106 valence electrons. The molecule has 1 unspecified atom stereocenters. The van der Waals surface area contributed by atoms with Crippen molar-refractivity contribution in [3.8, 4) is 11.5 Å². The molecule has 2 aromatic rings. The van der Waals surface area contributed by atoms with E-state index in [0.29, 0.717) is 23.4 Å². The predicted molar refractivity (Wildman–Crippen MR) is 73.4 cm³/mol. The van der Waals surface area contributed by atoms with Gasteiger partial charge in [0.05, 0.1) is 4.92 Å². The molecule has 2 rings (SSSR count). The smallest absolute Gasteiger partial charge is 0.285 e. The van der Waals surface area contributed by atoms with Crippen LogP contribution in [0.5, 0.6) is 0 Å². The van der Waals surface area contributed by atoms with E-state index < -0.39 is 4.92 Å². The molecule has 1 aromatic carbocycles. The number of hydrogen-bond donors (Lipinski definition) is 1.